The zero-order chi connectivity index (χ0) is 19.7. The molecule has 1 saturated carbocycles. The van der Waals surface area contributed by atoms with Crippen molar-refractivity contribution in [2.75, 3.05) is 6.54 Å². The van der Waals surface area contributed by atoms with Crippen molar-refractivity contribution in [2.45, 2.75) is 110 Å². The van der Waals surface area contributed by atoms with E-state index in [0.29, 0.717) is 6.42 Å². The molecule has 0 amide bonds. The van der Waals surface area contributed by atoms with Crippen LogP contribution in [-0.2, 0) is 9.59 Å². The van der Waals surface area contributed by atoms with Crippen molar-refractivity contribution in [2.24, 2.45) is 5.41 Å². The molecule has 1 aliphatic rings. The van der Waals surface area contributed by atoms with Crippen LogP contribution in [0.3, 0.4) is 0 Å². The first-order chi connectivity index (χ1) is 12.5. The smallest absolute Gasteiger partial charge is 0.315 e. The maximum atomic E-state index is 10.3. The quantitative estimate of drug-likeness (QED) is 0.340. The highest BCUT2D eigenvalue weighted by Crippen LogP contribution is 2.40. The molecular weight excluding hydrogens is 330 g/mol. The summed E-state index contributed by atoms with van der Waals surface area (Å²) in [6.45, 7) is 3.41. The van der Waals surface area contributed by atoms with Gasteiger partial charge in [0.2, 0.25) is 0 Å². The number of carboxylic acids is 2. The van der Waals surface area contributed by atoms with Gasteiger partial charge in [0.05, 0.1) is 12.5 Å². The van der Waals surface area contributed by atoms with E-state index < -0.39 is 17.4 Å². The Balaban J connectivity index is 0.000000531. The van der Waals surface area contributed by atoms with Crippen LogP contribution in [0.1, 0.15) is 110 Å². The van der Waals surface area contributed by atoms with E-state index in [9.17, 15) is 14.7 Å². The zero-order valence-corrected chi connectivity index (χ0v) is 16.9. The Labute approximate surface area is 159 Å². The van der Waals surface area contributed by atoms with Gasteiger partial charge in [0.15, 0.2) is 0 Å². The zero-order valence-electron chi connectivity index (χ0n) is 16.9. The lowest BCUT2D eigenvalue weighted by Crippen LogP contribution is -2.52. The van der Waals surface area contributed by atoms with Gasteiger partial charge in [-0.1, -0.05) is 84.0 Å². The number of carbonyl (C=O) groups excluding carboxylic acids is 1. The molecular formula is C21H41NO4. The van der Waals surface area contributed by atoms with E-state index in [2.05, 4.69) is 12.7 Å². The third-order valence-corrected chi connectivity index (χ3v) is 5.36. The Hall–Kier alpha value is -1.10. The van der Waals surface area contributed by atoms with Crippen molar-refractivity contribution < 1.29 is 25.5 Å². The summed E-state index contributed by atoms with van der Waals surface area (Å²) < 4.78 is 0. The van der Waals surface area contributed by atoms with Crippen LogP contribution in [-0.4, -0.2) is 23.6 Å². The largest absolute Gasteiger partial charge is 0.549 e. The van der Waals surface area contributed by atoms with Gasteiger partial charge in [-0.15, -0.1) is 0 Å². The van der Waals surface area contributed by atoms with E-state index in [1.54, 1.807) is 0 Å². The Bertz CT molecular complexity index is 337. The molecule has 4 N–H and O–H groups in total. The van der Waals surface area contributed by atoms with Crippen molar-refractivity contribution in [3.63, 3.8) is 0 Å². The van der Waals surface area contributed by atoms with Crippen LogP contribution in [0.4, 0.5) is 0 Å². The van der Waals surface area contributed by atoms with Crippen LogP contribution in [0, 0.1) is 5.41 Å². The number of hydrogen-bond donors (Lipinski definition) is 2. The van der Waals surface area contributed by atoms with Gasteiger partial charge in [-0.2, -0.15) is 0 Å². The normalized spacial score (nSPS) is 14.8. The molecule has 0 aromatic heterocycles. The molecule has 0 spiro atoms. The first-order valence-electron chi connectivity index (χ1n) is 10.8. The Morgan fingerprint density at radius 3 is 1.42 bits per heavy atom. The van der Waals surface area contributed by atoms with E-state index in [1.165, 1.54) is 83.5 Å². The standard InChI is InChI=1S/C15H33N.C6H8O4/c1-2-3-4-5-6-7-8-9-10-11-12-13-14-15-16;7-4(8)6(5(9)10)2-1-3-6/h2-16H2,1H3;1-3H2,(H,7,8)(H,9,10). The molecule has 0 bridgehead atoms. The lowest BCUT2D eigenvalue weighted by molar-refractivity contribution is -0.368. The van der Waals surface area contributed by atoms with Gasteiger partial charge < -0.3 is 20.7 Å². The lowest BCUT2D eigenvalue weighted by Gasteiger charge is -2.38. The van der Waals surface area contributed by atoms with Gasteiger partial charge in [-0.3, -0.25) is 4.79 Å². The lowest BCUT2D eigenvalue weighted by atomic mass is 9.69. The van der Waals surface area contributed by atoms with Crippen molar-refractivity contribution in [1.82, 2.24) is 0 Å². The van der Waals surface area contributed by atoms with E-state index in [0.717, 1.165) is 6.54 Å². The summed E-state index contributed by atoms with van der Waals surface area (Å²) in [6, 6.07) is 0. The molecule has 5 heteroatoms. The SMILES string of the molecule is CCCCCCCCCCCCCCC[NH3+].O=C([O-])C1(C(=O)O)CCC1. The monoisotopic (exact) mass is 371 g/mol. The Kier molecular flexibility index (Phi) is 15.4. The fourth-order valence-corrected chi connectivity index (χ4v) is 3.23. The predicted molar refractivity (Wildman–Crippen MR) is 102 cm³/mol. The van der Waals surface area contributed by atoms with Gasteiger partial charge in [0.1, 0.15) is 5.41 Å². The van der Waals surface area contributed by atoms with E-state index in [1.807, 2.05) is 0 Å². The topological polar surface area (TPSA) is 105 Å². The van der Waals surface area contributed by atoms with Gasteiger partial charge >= 0.3 is 5.97 Å². The Morgan fingerprint density at radius 1 is 0.846 bits per heavy atom. The number of carboxylic acid groups (broad SMARTS) is 2. The molecule has 154 valence electrons. The average Bonchev–Trinajstić information content (AvgIpc) is 2.54. The van der Waals surface area contributed by atoms with Crippen LogP contribution >= 0.6 is 0 Å². The molecule has 0 aliphatic heterocycles. The van der Waals surface area contributed by atoms with E-state index in [-0.39, 0.29) is 12.8 Å². The minimum Gasteiger partial charge on any atom is -0.549 e. The second-order valence-electron chi connectivity index (χ2n) is 7.62. The molecule has 26 heavy (non-hydrogen) atoms. The number of quaternary nitrogens is 1. The summed E-state index contributed by atoms with van der Waals surface area (Å²) in [7, 11) is 0. The molecule has 0 saturated heterocycles. The van der Waals surface area contributed by atoms with E-state index in [4.69, 9.17) is 5.11 Å². The van der Waals surface area contributed by atoms with Crippen LogP contribution in [0.25, 0.3) is 0 Å². The van der Waals surface area contributed by atoms with Crippen molar-refractivity contribution in [3.05, 3.63) is 0 Å². The summed E-state index contributed by atoms with van der Waals surface area (Å²) in [5.41, 5.74) is 2.32. The molecule has 5 nitrogen and oxygen atoms in total. The first kappa shape index (κ1) is 24.9. The molecule has 1 fully saturated rings. The maximum absolute atomic E-state index is 10.3. The number of rotatable bonds is 15. The van der Waals surface area contributed by atoms with Gasteiger partial charge in [0, 0.05) is 0 Å². The summed E-state index contributed by atoms with van der Waals surface area (Å²) in [4.78, 5) is 20.6. The van der Waals surface area contributed by atoms with Crippen molar-refractivity contribution in [1.29, 1.82) is 0 Å². The molecule has 0 radical (unpaired) electrons. The number of hydrogen-bond acceptors (Lipinski definition) is 3. The minimum atomic E-state index is -1.56. The second-order valence-corrected chi connectivity index (χ2v) is 7.62. The minimum absolute atomic E-state index is 0.213. The molecule has 0 heterocycles. The molecule has 1 aliphatic carbocycles. The van der Waals surface area contributed by atoms with Gasteiger partial charge in [-0.05, 0) is 25.7 Å². The fraction of sp³-hybridized carbons (Fsp3) is 0.905. The van der Waals surface area contributed by atoms with Gasteiger partial charge in [0.25, 0.3) is 0 Å². The third-order valence-electron chi connectivity index (χ3n) is 5.36. The van der Waals surface area contributed by atoms with Gasteiger partial charge in [-0.25, -0.2) is 0 Å². The number of unbranched alkanes of at least 4 members (excludes halogenated alkanes) is 12. The molecule has 0 aromatic rings. The third kappa shape index (κ3) is 10.8. The number of carbonyl (C=O) groups is 2. The van der Waals surface area contributed by atoms with Crippen molar-refractivity contribution >= 4 is 11.9 Å². The van der Waals surface area contributed by atoms with Crippen LogP contribution in [0.15, 0.2) is 0 Å². The highest BCUT2D eigenvalue weighted by molar-refractivity contribution is 5.98. The summed E-state index contributed by atoms with van der Waals surface area (Å²) >= 11 is 0. The van der Waals surface area contributed by atoms with Crippen molar-refractivity contribution in [3.8, 4) is 0 Å². The molecule has 0 atom stereocenters. The first-order valence-corrected chi connectivity index (χ1v) is 10.8. The van der Waals surface area contributed by atoms with E-state index >= 15 is 0 Å². The summed E-state index contributed by atoms with van der Waals surface area (Å²) in [6.07, 6.45) is 19.8. The highest BCUT2D eigenvalue weighted by Gasteiger charge is 2.45. The predicted octanol–water partition coefficient (Wildman–Crippen LogP) is 3.31. The van der Waals surface area contributed by atoms with Crippen LogP contribution < -0.4 is 10.8 Å². The fourth-order valence-electron chi connectivity index (χ4n) is 3.23. The molecule has 1 rings (SSSR count). The summed E-state index contributed by atoms with van der Waals surface area (Å²) in [5.74, 6) is -2.72. The van der Waals surface area contributed by atoms with Crippen LogP contribution in [0.2, 0.25) is 0 Å². The summed E-state index contributed by atoms with van der Waals surface area (Å²) in [5, 5.41) is 18.7. The van der Waals surface area contributed by atoms with Crippen LogP contribution in [0.5, 0.6) is 0 Å². The highest BCUT2D eigenvalue weighted by atomic mass is 16.4. The molecule has 0 aromatic carbocycles. The number of aliphatic carboxylic acids is 2. The average molecular weight is 372 g/mol. The maximum Gasteiger partial charge on any atom is 0.315 e. The molecule has 0 unspecified atom stereocenters. The second kappa shape index (κ2) is 16.1. The Morgan fingerprint density at radius 2 is 1.23 bits per heavy atom.